The molecule has 86 valence electrons. The third-order valence-electron chi connectivity index (χ3n) is 2.99. The summed E-state index contributed by atoms with van der Waals surface area (Å²) in [4.78, 5) is 21.6. The standard InChI is InChI=1S/C10H18N2O3/c1-10(2,9(13)14)7-12(11-15)8-5-3-4-6-8/h8H,3-7H2,1-2H3,(H,13,14). The number of hydrogen-bond donors (Lipinski definition) is 1. The molecular formula is C10H18N2O3. The Morgan fingerprint density at radius 2 is 2.00 bits per heavy atom. The van der Waals surface area contributed by atoms with Gasteiger partial charge in [-0.25, -0.2) is 0 Å². The van der Waals surface area contributed by atoms with Crippen molar-refractivity contribution in [1.29, 1.82) is 0 Å². The normalized spacial score (nSPS) is 17.7. The number of carbonyl (C=O) groups is 1. The maximum atomic E-state index is 10.9. The third-order valence-corrected chi connectivity index (χ3v) is 2.99. The molecule has 0 aromatic carbocycles. The Labute approximate surface area is 89.4 Å². The fourth-order valence-corrected chi connectivity index (χ4v) is 1.90. The minimum absolute atomic E-state index is 0.140. The molecule has 5 nitrogen and oxygen atoms in total. The van der Waals surface area contributed by atoms with Crippen molar-refractivity contribution in [3.8, 4) is 0 Å². The molecule has 0 amide bonds. The van der Waals surface area contributed by atoms with Crippen LogP contribution >= 0.6 is 0 Å². The highest BCUT2D eigenvalue weighted by molar-refractivity contribution is 5.73. The van der Waals surface area contributed by atoms with Gasteiger partial charge in [-0.15, -0.1) is 4.91 Å². The van der Waals surface area contributed by atoms with E-state index in [1.54, 1.807) is 13.8 Å². The van der Waals surface area contributed by atoms with Crippen LogP contribution in [0.4, 0.5) is 0 Å². The maximum Gasteiger partial charge on any atom is 0.310 e. The van der Waals surface area contributed by atoms with Gasteiger partial charge in [0.05, 0.1) is 23.3 Å². The summed E-state index contributed by atoms with van der Waals surface area (Å²) in [7, 11) is 0. The molecule has 0 spiro atoms. The van der Waals surface area contributed by atoms with Crippen molar-refractivity contribution < 1.29 is 9.90 Å². The molecule has 0 atom stereocenters. The van der Waals surface area contributed by atoms with Gasteiger partial charge in [0, 0.05) is 0 Å². The minimum atomic E-state index is -0.920. The lowest BCUT2D eigenvalue weighted by Crippen LogP contribution is -2.40. The summed E-state index contributed by atoms with van der Waals surface area (Å²) in [6.45, 7) is 3.42. The van der Waals surface area contributed by atoms with Crippen molar-refractivity contribution in [2.75, 3.05) is 6.54 Å². The molecule has 1 N–H and O–H groups in total. The van der Waals surface area contributed by atoms with E-state index in [4.69, 9.17) is 5.11 Å². The van der Waals surface area contributed by atoms with Gasteiger partial charge in [0.1, 0.15) is 0 Å². The van der Waals surface area contributed by atoms with E-state index in [-0.39, 0.29) is 12.6 Å². The molecule has 1 aliphatic carbocycles. The highest BCUT2D eigenvalue weighted by atomic mass is 16.4. The van der Waals surface area contributed by atoms with Crippen LogP contribution in [0.5, 0.6) is 0 Å². The van der Waals surface area contributed by atoms with Crippen LogP contribution in [0.3, 0.4) is 0 Å². The van der Waals surface area contributed by atoms with Gasteiger partial charge in [-0.1, -0.05) is 12.8 Å². The predicted octanol–water partition coefficient (Wildman–Crippen LogP) is 2.02. The molecule has 1 fully saturated rings. The Morgan fingerprint density at radius 1 is 1.47 bits per heavy atom. The molecule has 1 aliphatic rings. The predicted molar refractivity (Wildman–Crippen MR) is 56.2 cm³/mol. The van der Waals surface area contributed by atoms with Crippen molar-refractivity contribution >= 4 is 5.97 Å². The van der Waals surface area contributed by atoms with Crippen LogP contribution in [0, 0.1) is 10.3 Å². The van der Waals surface area contributed by atoms with E-state index >= 15 is 0 Å². The van der Waals surface area contributed by atoms with E-state index in [0.29, 0.717) is 0 Å². The minimum Gasteiger partial charge on any atom is -0.481 e. The first kappa shape index (κ1) is 11.9. The quantitative estimate of drug-likeness (QED) is 0.561. The van der Waals surface area contributed by atoms with Gasteiger partial charge < -0.3 is 5.11 Å². The number of nitrogens with zero attached hydrogens (tertiary/aromatic N) is 2. The van der Waals surface area contributed by atoms with Gasteiger partial charge in [0.2, 0.25) is 0 Å². The second-order valence-corrected chi connectivity index (χ2v) is 4.81. The Balaban J connectivity index is 2.60. The maximum absolute atomic E-state index is 10.9. The van der Waals surface area contributed by atoms with Crippen LogP contribution < -0.4 is 0 Å². The van der Waals surface area contributed by atoms with Gasteiger partial charge in [-0.3, -0.25) is 9.80 Å². The monoisotopic (exact) mass is 214 g/mol. The molecule has 0 unspecified atom stereocenters. The van der Waals surface area contributed by atoms with E-state index in [2.05, 4.69) is 5.29 Å². The van der Waals surface area contributed by atoms with E-state index < -0.39 is 11.4 Å². The summed E-state index contributed by atoms with van der Waals surface area (Å²) >= 11 is 0. The fraction of sp³-hybridized carbons (Fsp3) is 0.900. The summed E-state index contributed by atoms with van der Waals surface area (Å²) in [6.07, 6.45) is 4.09. The molecule has 1 rings (SSSR count). The molecule has 0 heterocycles. The SMILES string of the molecule is CC(C)(CN(N=O)C1CCCC1)C(=O)O. The Morgan fingerprint density at radius 3 is 2.40 bits per heavy atom. The van der Waals surface area contributed by atoms with Crippen molar-refractivity contribution in [3.05, 3.63) is 4.91 Å². The summed E-state index contributed by atoms with van der Waals surface area (Å²) in [5, 5.41) is 13.3. The van der Waals surface area contributed by atoms with Crippen molar-refractivity contribution in [1.82, 2.24) is 5.01 Å². The highest BCUT2D eigenvalue weighted by Gasteiger charge is 2.33. The first-order valence-corrected chi connectivity index (χ1v) is 5.30. The van der Waals surface area contributed by atoms with Crippen molar-refractivity contribution in [2.45, 2.75) is 45.6 Å². The lowest BCUT2D eigenvalue weighted by Gasteiger charge is -2.29. The van der Waals surface area contributed by atoms with Crippen molar-refractivity contribution in [3.63, 3.8) is 0 Å². The van der Waals surface area contributed by atoms with E-state index in [1.807, 2.05) is 0 Å². The first-order valence-electron chi connectivity index (χ1n) is 5.30. The van der Waals surface area contributed by atoms with Crippen LogP contribution in [0.25, 0.3) is 0 Å². The van der Waals surface area contributed by atoms with Crippen LogP contribution in [0.2, 0.25) is 0 Å². The molecular weight excluding hydrogens is 196 g/mol. The number of aliphatic carboxylic acids is 1. The fourth-order valence-electron chi connectivity index (χ4n) is 1.90. The molecule has 5 heteroatoms. The number of carboxylic acids is 1. The van der Waals surface area contributed by atoms with Crippen LogP contribution in [-0.2, 0) is 4.79 Å². The number of rotatable bonds is 5. The van der Waals surface area contributed by atoms with Crippen molar-refractivity contribution in [2.24, 2.45) is 10.7 Å². The third kappa shape index (κ3) is 2.91. The van der Waals surface area contributed by atoms with Crippen LogP contribution in [0.15, 0.2) is 5.29 Å². The number of nitroso groups, excluding NO2 is 1. The highest BCUT2D eigenvalue weighted by Crippen LogP contribution is 2.27. The topological polar surface area (TPSA) is 70.0 Å². The lowest BCUT2D eigenvalue weighted by molar-refractivity contribution is -0.148. The molecule has 0 aromatic rings. The number of carboxylic acid groups (broad SMARTS) is 1. The molecule has 0 saturated heterocycles. The first-order chi connectivity index (χ1) is 6.97. The summed E-state index contributed by atoms with van der Waals surface area (Å²) in [5.74, 6) is -0.894. The molecule has 0 bridgehead atoms. The smallest absolute Gasteiger partial charge is 0.310 e. The van der Waals surface area contributed by atoms with Gasteiger partial charge in [-0.05, 0) is 26.7 Å². The Hall–Kier alpha value is -1.13. The van der Waals surface area contributed by atoms with Crippen LogP contribution in [0.1, 0.15) is 39.5 Å². The van der Waals surface area contributed by atoms with Gasteiger partial charge in [0.15, 0.2) is 0 Å². The largest absolute Gasteiger partial charge is 0.481 e. The van der Waals surface area contributed by atoms with Gasteiger partial charge >= 0.3 is 5.97 Å². The molecule has 15 heavy (non-hydrogen) atoms. The van der Waals surface area contributed by atoms with Gasteiger partial charge in [-0.2, -0.15) is 0 Å². The second-order valence-electron chi connectivity index (χ2n) is 4.81. The Bertz CT molecular complexity index is 247. The number of hydrogen-bond acceptors (Lipinski definition) is 3. The molecule has 0 aromatic heterocycles. The average Bonchev–Trinajstić information content (AvgIpc) is 2.66. The van der Waals surface area contributed by atoms with E-state index in [9.17, 15) is 9.70 Å². The summed E-state index contributed by atoms with van der Waals surface area (Å²) in [6, 6.07) is 0.140. The molecule has 0 aliphatic heterocycles. The Kier molecular flexibility index (Phi) is 3.66. The summed E-state index contributed by atoms with van der Waals surface area (Å²) < 4.78 is 0. The zero-order valence-electron chi connectivity index (χ0n) is 9.27. The molecule has 0 radical (unpaired) electrons. The molecule has 1 saturated carbocycles. The van der Waals surface area contributed by atoms with E-state index in [0.717, 1.165) is 25.7 Å². The summed E-state index contributed by atoms with van der Waals surface area (Å²) in [5.41, 5.74) is -0.920. The van der Waals surface area contributed by atoms with Gasteiger partial charge in [0.25, 0.3) is 0 Å². The zero-order chi connectivity index (χ0) is 11.5. The average molecular weight is 214 g/mol. The second kappa shape index (κ2) is 4.59. The van der Waals surface area contributed by atoms with E-state index in [1.165, 1.54) is 5.01 Å². The zero-order valence-corrected chi connectivity index (χ0v) is 9.27. The lowest BCUT2D eigenvalue weighted by atomic mass is 9.93. The van der Waals surface area contributed by atoms with Crippen LogP contribution in [-0.4, -0.2) is 28.7 Å².